The van der Waals surface area contributed by atoms with Gasteiger partial charge in [0, 0.05) is 25.0 Å². The fraction of sp³-hybridized carbons (Fsp3) is 0.571. The first kappa shape index (κ1) is 13.0. The third-order valence-electron chi connectivity index (χ3n) is 3.87. The molecule has 2 unspecified atom stereocenters. The second-order valence-corrected chi connectivity index (χ2v) is 5.03. The highest BCUT2D eigenvalue weighted by Crippen LogP contribution is 2.29. The molecule has 1 heterocycles. The van der Waals surface area contributed by atoms with Gasteiger partial charge in [-0.25, -0.2) is 0 Å². The molecule has 18 heavy (non-hydrogen) atoms. The molecule has 0 saturated heterocycles. The largest absolute Gasteiger partial charge is 0.481 e. The van der Waals surface area contributed by atoms with Crippen LogP contribution in [0.3, 0.4) is 0 Å². The first-order valence-corrected chi connectivity index (χ1v) is 6.50. The number of carboxylic acids is 1. The molecule has 0 aliphatic heterocycles. The summed E-state index contributed by atoms with van der Waals surface area (Å²) in [6.07, 6.45) is 7.39. The van der Waals surface area contributed by atoms with Crippen LogP contribution in [0.4, 0.5) is 0 Å². The molecule has 4 nitrogen and oxygen atoms in total. The number of nitrogens with zero attached hydrogens (tertiary/aromatic N) is 2. The lowest BCUT2D eigenvalue weighted by Gasteiger charge is -2.27. The summed E-state index contributed by atoms with van der Waals surface area (Å²) < 4.78 is 0. The molecular formula is C14H20N2O2. The number of aromatic nitrogens is 1. The first-order valence-electron chi connectivity index (χ1n) is 6.50. The van der Waals surface area contributed by atoms with Crippen molar-refractivity contribution in [2.75, 3.05) is 13.6 Å². The summed E-state index contributed by atoms with van der Waals surface area (Å²) in [6, 6.07) is 4.22. The van der Waals surface area contributed by atoms with Crippen molar-refractivity contribution in [2.45, 2.75) is 31.7 Å². The second-order valence-electron chi connectivity index (χ2n) is 5.03. The SMILES string of the molecule is CN(CCc1ccncc1)C1CCCC1C(=O)O. The third kappa shape index (κ3) is 3.07. The Bertz CT molecular complexity index is 394. The van der Waals surface area contributed by atoms with E-state index in [0.29, 0.717) is 0 Å². The van der Waals surface area contributed by atoms with E-state index in [4.69, 9.17) is 0 Å². The Balaban J connectivity index is 1.88. The van der Waals surface area contributed by atoms with E-state index < -0.39 is 5.97 Å². The first-order chi connectivity index (χ1) is 8.68. The van der Waals surface area contributed by atoms with E-state index in [9.17, 15) is 9.90 Å². The quantitative estimate of drug-likeness (QED) is 0.863. The van der Waals surface area contributed by atoms with Crippen LogP contribution in [0.5, 0.6) is 0 Å². The Morgan fingerprint density at radius 1 is 1.44 bits per heavy atom. The zero-order valence-electron chi connectivity index (χ0n) is 10.7. The predicted octanol–water partition coefficient (Wildman–Crippen LogP) is 1.81. The Morgan fingerprint density at radius 3 is 2.83 bits per heavy atom. The summed E-state index contributed by atoms with van der Waals surface area (Å²) in [5.41, 5.74) is 1.25. The Hall–Kier alpha value is -1.42. The van der Waals surface area contributed by atoms with E-state index in [1.165, 1.54) is 5.56 Å². The minimum absolute atomic E-state index is 0.188. The van der Waals surface area contributed by atoms with Gasteiger partial charge in [0.15, 0.2) is 0 Å². The third-order valence-corrected chi connectivity index (χ3v) is 3.87. The number of pyridine rings is 1. The molecule has 1 saturated carbocycles. The van der Waals surface area contributed by atoms with Crippen LogP contribution in [0.2, 0.25) is 0 Å². The maximum atomic E-state index is 11.2. The van der Waals surface area contributed by atoms with Crippen molar-refractivity contribution in [3.05, 3.63) is 30.1 Å². The van der Waals surface area contributed by atoms with E-state index in [0.717, 1.165) is 32.2 Å². The van der Waals surface area contributed by atoms with E-state index in [2.05, 4.69) is 9.88 Å². The lowest BCUT2D eigenvalue weighted by molar-refractivity contribution is -0.143. The smallest absolute Gasteiger partial charge is 0.308 e. The molecule has 1 aliphatic rings. The second kappa shape index (κ2) is 5.96. The van der Waals surface area contributed by atoms with Gasteiger partial charge >= 0.3 is 5.97 Å². The minimum Gasteiger partial charge on any atom is -0.481 e. The van der Waals surface area contributed by atoms with E-state index in [-0.39, 0.29) is 12.0 Å². The molecule has 1 fully saturated rings. The molecule has 1 N–H and O–H groups in total. The van der Waals surface area contributed by atoms with Gasteiger partial charge in [-0.3, -0.25) is 9.78 Å². The molecule has 0 amide bonds. The number of hydrogen-bond acceptors (Lipinski definition) is 3. The van der Waals surface area contributed by atoms with Crippen molar-refractivity contribution < 1.29 is 9.90 Å². The van der Waals surface area contributed by atoms with Gasteiger partial charge in [0.05, 0.1) is 5.92 Å². The average Bonchev–Trinajstić information content (AvgIpc) is 2.86. The number of carbonyl (C=O) groups is 1. The molecule has 2 atom stereocenters. The maximum Gasteiger partial charge on any atom is 0.308 e. The molecule has 0 radical (unpaired) electrons. The predicted molar refractivity (Wildman–Crippen MR) is 69.3 cm³/mol. The van der Waals surface area contributed by atoms with Crippen molar-refractivity contribution in [1.82, 2.24) is 9.88 Å². The van der Waals surface area contributed by atoms with Crippen LogP contribution in [0.1, 0.15) is 24.8 Å². The number of rotatable bonds is 5. The van der Waals surface area contributed by atoms with Gasteiger partial charge in [0.2, 0.25) is 0 Å². The highest BCUT2D eigenvalue weighted by Gasteiger charge is 2.35. The Kier molecular flexibility index (Phi) is 4.31. The highest BCUT2D eigenvalue weighted by molar-refractivity contribution is 5.71. The summed E-state index contributed by atoms with van der Waals surface area (Å²) in [7, 11) is 2.03. The molecule has 2 rings (SSSR count). The fourth-order valence-corrected chi connectivity index (χ4v) is 2.78. The summed E-state index contributed by atoms with van der Waals surface area (Å²) in [6.45, 7) is 0.901. The summed E-state index contributed by atoms with van der Waals surface area (Å²) >= 11 is 0. The van der Waals surface area contributed by atoms with Crippen LogP contribution in [0, 0.1) is 5.92 Å². The Labute approximate surface area is 108 Å². The molecule has 98 valence electrons. The van der Waals surface area contributed by atoms with Crippen LogP contribution in [-0.4, -0.2) is 40.6 Å². The van der Waals surface area contributed by atoms with E-state index >= 15 is 0 Å². The summed E-state index contributed by atoms with van der Waals surface area (Å²) in [5.74, 6) is -0.833. The van der Waals surface area contributed by atoms with Gasteiger partial charge in [-0.15, -0.1) is 0 Å². The van der Waals surface area contributed by atoms with Gasteiger partial charge in [-0.2, -0.15) is 0 Å². The van der Waals surface area contributed by atoms with Crippen LogP contribution < -0.4 is 0 Å². The molecule has 1 aromatic heterocycles. The van der Waals surface area contributed by atoms with Crippen molar-refractivity contribution in [2.24, 2.45) is 5.92 Å². The monoisotopic (exact) mass is 248 g/mol. The van der Waals surface area contributed by atoms with Crippen LogP contribution in [-0.2, 0) is 11.2 Å². The van der Waals surface area contributed by atoms with E-state index in [1.807, 2.05) is 19.2 Å². The molecule has 1 aromatic rings. The average molecular weight is 248 g/mol. The number of hydrogen-bond donors (Lipinski definition) is 1. The van der Waals surface area contributed by atoms with E-state index in [1.54, 1.807) is 12.4 Å². The van der Waals surface area contributed by atoms with Gasteiger partial charge in [-0.1, -0.05) is 6.42 Å². The van der Waals surface area contributed by atoms with Crippen molar-refractivity contribution in [3.63, 3.8) is 0 Å². The van der Waals surface area contributed by atoms with Gasteiger partial charge < -0.3 is 10.0 Å². The zero-order valence-corrected chi connectivity index (χ0v) is 10.7. The normalized spacial score (nSPS) is 23.4. The molecule has 1 aliphatic carbocycles. The highest BCUT2D eigenvalue weighted by atomic mass is 16.4. The standard InChI is InChI=1S/C14H20N2O2/c1-16(10-7-11-5-8-15-9-6-11)13-4-2-3-12(13)14(17)18/h5-6,8-9,12-13H,2-4,7,10H2,1H3,(H,17,18). The number of aliphatic carboxylic acids is 1. The van der Waals surface area contributed by atoms with Crippen LogP contribution >= 0.6 is 0 Å². The lowest BCUT2D eigenvalue weighted by Crippen LogP contribution is -2.39. The van der Waals surface area contributed by atoms with Gasteiger partial charge in [0.1, 0.15) is 0 Å². The molecule has 0 spiro atoms. The van der Waals surface area contributed by atoms with Crippen LogP contribution in [0.25, 0.3) is 0 Å². The number of likely N-dealkylation sites (N-methyl/N-ethyl adjacent to an activating group) is 1. The summed E-state index contributed by atoms with van der Waals surface area (Å²) in [4.78, 5) is 17.4. The Morgan fingerprint density at radius 2 is 2.17 bits per heavy atom. The topological polar surface area (TPSA) is 53.4 Å². The van der Waals surface area contributed by atoms with Crippen molar-refractivity contribution in [3.8, 4) is 0 Å². The van der Waals surface area contributed by atoms with Crippen LogP contribution in [0.15, 0.2) is 24.5 Å². The number of carboxylic acid groups (broad SMARTS) is 1. The lowest BCUT2D eigenvalue weighted by atomic mass is 10.0. The zero-order chi connectivity index (χ0) is 13.0. The summed E-state index contributed by atoms with van der Waals surface area (Å²) in [5, 5.41) is 9.18. The molecule has 0 aromatic carbocycles. The molecular weight excluding hydrogens is 228 g/mol. The maximum absolute atomic E-state index is 11.2. The van der Waals surface area contributed by atoms with Gasteiger partial charge in [-0.05, 0) is 44.0 Å². The fourth-order valence-electron chi connectivity index (χ4n) is 2.78. The van der Waals surface area contributed by atoms with Gasteiger partial charge in [0.25, 0.3) is 0 Å². The van der Waals surface area contributed by atoms with Crippen molar-refractivity contribution >= 4 is 5.97 Å². The minimum atomic E-state index is -0.645. The molecule has 0 bridgehead atoms. The van der Waals surface area contributed by atoms with Crippen molar-refractivity contribution in [1.29, 1.82) is 0 Å². The molecule has 4 heteroatoms.